The number of guanidine groups is 1. The molecule has 0 aliphatic heterocycles. The van der Waals surface area contributed by atoms with E-state index >= 15 is 0 Å². The number of aliphatic imine (C=N–C) groups is 1. The van der Waals surface area contributed by atoms with Gasteiger partial charge in [-0.05, 0) is 26.7 Å². The molecule has 0 bridgehead atoms. The number of hydrogen-bond donors (Lipinski definition) is 3. The molecule has 0 atom stereocenters. The lowest BCUT2D eigenvalue weighted by atomic mass is 9.93. The van der Waals surface area contributed by atoms with Gasteiger partial charge in [0.2, 0.25) is 0 Å². The zero-order valence-corrected chi connectivity index (χ0v) is 15.1. The molecule has 0 unspecified atom stereocenters. The molecule has 0 saturated heterocycles. The third-order valence-electron chi connectivity index (χ3n) is 3.40. The summed E-state index contributed by atoms with van der Waals surface area (Å²) in [6.45, 7) is 10.2. The van der Waals surface area contributed by atoms with Crippen LogP contribution in [0.5, 0.6) is 0 Å². The van der Waals surface area contributed by atoms with Gasteiger partial charge in [-0.3, -0.25) is 0 Å². The molecule has 3 N–H and O–H groups in total. The fraction of sp³-hybridized carbons (Fsp3) is 0.750. The summed E-state index contributed by atoms with van der Waals surface area (Å²) in [4.78, 5) is 10.1. The largest absolute Gasteiger partial charge is 0.388 e. The van der Waals surface area contributed by atoms with E-state index in [0.717, 1.165) is 43.2 Å². The Bertz CT molecular complexity index is 453. The van der Waals surface area contributed by atoms with Crippen molar-refractivity contribution in [1.29, 1.82) is 0 Å². The zero-order chi connectivity index (χ0) is 16.4. The number of aromatic nitrogens is 1. The lowest BCUT2D eigenvalue weighted by Gasteiger charge is -2.28. The second-order valence-corrected chi connectivity index (χ2v) is 6.96. The molecule has 0 spiro atoms. The number of hydrogen-bond acceptors (Lipinski definition) is 4. The number of aryl methyl sites for hydroxylation is 1. The molecule has 126 valence electrons. The molecule has 0 aromatic carbocycles. The van der Waals surface area contributed by atoms with Gasteiger partial charge in [0.05, 0.1) is 12.1 Å². The van der Waals surface area contributed by atoms with Crippen LogP contribution in [-0.2, 0) is 6.54 Å². The fourth-order valence-electron chi connectivity index (χ4n) is 2.44. The predicted molar refractivity (Wildman–Crippen MR) is 94.4 cm³/mol. The Morgan fingerprint density at radius 2 is 1.95 bits per heavy atom. The summed E-state index contributed by atoms with van der Waals surface area (Å²) in [5.41, 5.74) is -0.655. The molecule has 1 rings (SSSR count). The first kappa shape index (κ1) is 18.9. The lowest BCUT2D eigenvalue weighted by Crippen LogP contribution is -2.47. The topological polar surface area (TPSA) is 69.5 Å². The highest BCUT2D eigenvalue weighted by molar-refractivity contribution is 7.11. The van der Waals surface area contributed by atoms with Crippen LogP contribution in [0, 0.1) is 6.92 Å². The zero-order valence-electron chi connectivity index (χ0n) is 14.3. The molecule has 0 amide bonds. The van der Waals surface area contributed by atoms with Crippen LogP contribution in [0.1, 0.15) is 56.3 Å². The van der Waals surface area contributed by atoms with E-state index in [2.05, 4.69) is 34.5 Å². The van der Waals surface area contributed by atoms with Crippen molar-refractivity contribution in [1.82, 2.24) is 15.6 Å². The summed E-state index contributed by atoms with van der Waals surface area (Å²) in [6, 6.07) is 0. The van der Waals surface area contributed by atoms with Crippen LogP contribution >= 0.6 is 11.3 Å². The highest BCUT2D eigenvalue weighted by Crippen LogP contribution is 2.18. The van der Waals surface area contributed by atoms with Crippen molar-refractivity contribution in [2.45, 2.75) is 65.5 Å². The first-order valence-corrected chi connectivity index (χ1v) is 9.00. The van der Waals surface area contributed by atoms with E-state index in [1.165, 1.54) is 4.88 Å². The highest BCUT2D eigenvalue weighted by Gasteiger charge is 2.24. The minimum Gasteiger partial charge on any atom is -0.388 e. The van der Waals surface area contributed by atoms with E-state index in [-0.39, 0.29) is 0 Å². The van der Waals surface area contributed by atoms with Crippen LogP contribution in [0.15, 0.2) is 11.2 Å². The van der Waals surface area contributed by atoms with Crippen molar-refractivity contribution < 1.29 is 5.11 Å². The van der Waals surface area contributed by atoms with Gasteiger partial charge in [-0.25, -0.2) is 9.98 Å². The minimum atomic E-state index is -0.655. The summed E-state index contributed by atoms with van der Waals surface area (Å²) >= 11 is 1.66. The predicted octanol–water partition coefficient (Wildman–Crippen LogP) is 2.84. The molecule has 6 heteroatoms. The number of nitrogens with one attached hydrogen (secondary N) is 2. The van der Waals surface area contributed by atoms with E-state index < -0.39 is 5.60 Å². The van der Waals surface area contributed by atoms with Crippen LogP contribution in [-0.4, -0.2) is 34.7 Å². The maximum atomic E-state index is 10.7. The van der Waals surface area contributed by atoms with E-state index in [1.54, 1.807) is 11.3 Å². The number of aliphatic hydroxyl groups is 1. The van der Waals surface area contributed by atoms with Gasteiger partial charge in [0, 0.05) is 24.2 Å². The molecular formula is C16H30N4OS. The van der Waals surface area contributed by atoms with Gasteiger partial charge >= 0.3 is 0 Å². The van der Waals surface area contributed by atoms with Crippen LogP contribution < -0.4 is 10.6 Å². The fourth-order valence-corrected chi connectivity index (χ4v) is 3.16. The Balaban J connectivity index is 2.62. The van der Waals surface area contributed by atoms with Crippen molar-refractivity contribution in [3.05, 3.63) is 16.1 Å². The lowest BCUT2D eigenvalue weighted by molar-refractivity contribution is 0.0257. The maximum Gasteiger partial charge on any atom is 0.191 e. The molecule has 1 aromatic heterocycles. The Kier molecular flexibility index (Phi) is 8.42. The number of thiazole rings is 1. The Hall–Kier alpha value is -1.14. The first-order chi connectivity index (χ1) is 10.5. The molecule has 1 heterocycles. The average Bonchev–Trinajstić information content (AvgIpc) is 2.88. The van der Waals surface area contributed by atoms with Crippen LogP contribution in [0.2, 0.25) is 0 Å². The summed E-state index contributed by atoms with van der Waals surface area (Å²) in [5.74, 6) is 0.737. The molecular weight excluding hydrogens is 296 g/mol. The van der Waals surface area contributed by atoms with Gasteiger partial charge < -0.3 is 15.7 Å². The smallest absolute Gasteiger partial charge is 0.191 e. The Morgan fingerprint density at radius 3 is 2.45 bits per heavy atom. The van der Waals surface area contributed by atoms with E-state index in [1.807, 2.05) is 20.0 Å². The SMILES string of the molecule is CCCC(O)(CCC)CNC(=NCc1ncc(C)s1)NCC. The molecule has 5 nitrogen and oxygen atoms in total. The molecule has 0 aliphatic rings. The first-order valence-electron chi connectivity index (χ1n) is 8.18. The summed E-state index contributed by atoms with van der Waals surface area (Å²) in [6.07, 6.45) is 5.43. The molecule has 0 saturated carbocycles. The van der Waals surface area contributed by atoms with Gasteiger partial charge in [-0.15, -0.1) is 11.3 Å². The van der Waals surface area contributed by atoms with Crippen LogP contribution in [0.3, 0.4) is 0 Å². The van der Waals surface area contributed by atoms with Crippen LogP contribution in [0.4, 0.5) is 0 Å². The van der Waals surface area contributed by atoms with Gasteiger partial charge in [-0.1, -0.05) is 26.7 Å². The second kappa shape index (κ2) is 9.79. The summed E-state index contributed by atoms with van der Waals surface area (Å²) in [7, 11) is 0. The second-order valence-electron chi connectivity index (χ2n) is 5.64. The van der Waals surface area contributed by atoms with Crippen molar-refractivity contribution >= 4 is 17.3 Å². The van der Waals surface area contributed by atoms with Crippen LogP contribution in [0.25, 0.3) is 0 Å². The van der Waals surface area contributed by atoms with E-state index in [4.69, 9.17) is 0 Å². The van der Waals surface area contributed by atoms with E-state index in [0.29, 0.717) is 13.1 Å². The maximum absolute atomic E-state index is 10.7. The Labute approximate surface area is 138 Å². The highest BCUT2D eigenvalue weighted by atomic mass is 32.1. The van der Waals surface area contributed by atoms with Gasteiger partial charge in [-0.2, -0.15) is 0 Å². The quantitative estimate of drug-likeness (QED) is 0.482. The molecule has 22 heavy (non-hydrogen) atoms. The molecule has 0 radical (unpaired) electrons. The third kappa shape index (κ3) is 6.75. The van der Waals surface area contributed by atoms with E-state index in [9.17, 15) is 5.11 Å². The molecule has 0 aliphatic carbocycles. The third-order valence-corrected chi connectivity index (χ3v) is 4.30. The summed E-state index contributed by atoms with van der Waals surface area (Å²) < 4.78 is 0. The minimum absolute atomic E-state index is 0.525. The van der Waals surface area contributed by atoms with Crippen molar-refractivity contribution in [2.24, 2.45) is 4.99 Å². The normalized spacial score (nSPS) is 12.5. The van der Waals surface area contributed by atoms with Crippen molar-refractivity contribution in [3.8, 4) is 0 Å². The monoisotopic (exact) mass is 326 g/mol. The van der Waals surface area contributed by atoms with Gasteiger partial charge in [0.1, 0.15) is 5.01 Å². The summed E-state index contributed by atoms with van der Waals surface area (Å²) in [5, 5.41) is 18.2. The molecule has 1 aromatic rings. The number of nitrogens with zero attached hydrogens (tertiary/aromatic N) is 2. The average molecular weight is 327 g/mol. The Morgan fingerprint density at radius 1 is 1.27 bits per heavy atom. The number of rotatable bonds is 9. The molecule has 0 fully saturated rings. The van der Waals surface area contributed by atoms with Gasteiger partial charge in [0.15, 0.2) is 5.96 Å². The van der Waals surface area contributed by atoms with Gasteiger partial charge in [0.25, 0.3) is 0 Å². The van der Waals surface area contributed by atoms with Crippen molar-refractivity contribution in [2.75, 3.05) is 13.1 Å². The van der Waals surface area contributed by atoms with Crippen molar-refractivity contribution in [3.63, 3.8) is 0 Å². The standard InChI is InChI=1S/C16H30N4OS/c1-5-8-16(21,9-6-2)12-20-15(17-7-3)19-11-14-18-10-13(4)22-14/h10,21H,5-9,11-12H2,1-4H3,(H2,17,19,20).